The molecule has 1 aromatic heterocycles. The third kappa shape index (κ3) is 4.81. The molecule has 10 heteroatoms. The van der Waals surface area contributed by atoms with E-state index in [-0.39, 0.29) is 10.5 Å². The van der Waals surface area contributed by atoms with Gasteiger partial charge in [-0.25, -0.2) is 13.4 Å². The number of sulfone groups is 1. The molecule has 8 nitrogen and oxygen atoms in total. The minimum absolute atomic E-state index is 0.00822. The lowest BCUT2D eigenvalue weighted by atomic mass is 10.2. The summed E-state index contributed by atoms with van der Waals surface area (Å²) < 4.78 is 36.2. The first-order valence-electron chi connectivity index (χ1n) is 9.44. The molecule has 0 saturated heterocycles. The van der Waals surface area contributed by atoms with Gasteiger partial charge in [0.2, 0.25) is 0 Å². The van der Waals surface area contributed by atoms with Crippen LogP contribution in [0, 0.1) is 0 Å². The number of rotatable bonds is 8. The van der Waals surface area contributed by atoms with Crippen LogP contribution in [0.25, 0.3) is 10.2 Å². The Morgan fingerprint density at radius 3 is 2.29 bits per heavy atom. The van der Waals surface area contributed by atoms with Gasteiger partial charge in [-0.05, 0) is 38.4 Å². The average Bonchev–Trinajstić information content (AvgIpc) is 3.17. The summed E-state index contributed by atoms with van der Waals surface area (Å²) in [7, 11) is 3.33. The lowest BCUT2D eigenvalue weighted by Crippen LogP contribution is -2.37. The highest BCUT2D eigenvalue weighted by Crippen LogP contribution is 2.40. The number of carbonyl (C=O) groups is 1. The topological polar surface area (TPSA) is 89.0 Å². The second kappa shape index (κ2) is 9.21. The van der Waals surface area contributed by atoms with Crippen molar-refractivity contribution >= 4 is 42.4 Å². The summed E-state index contributed by atoms with van der Waals surface area (Å²) in [4.78, 5) is 21.7. The minimum atomic E-state index is -3.59. The number of aromatic nitrogens is 1. The number of thiazole rings is 1. The van der Waals surface area contributed by atoms with Crippen molar-refractivity contribution in [2.75, 3.05) is 52.6 Å². The molecule has 0 atom stereocenters. The monoisotopic (exact) mass is 463 g/mol. The summed E-state index contributed by atoms with van der Waals surface area (Å²) in [6.07, 6.45) is 1.09. The second-order valence-electron chi connectivity index (χ2n) is 7.17. The van der Waals surface area contributed by atoms with Crippen LogP contribution in [0.1, 0.15) is 10.4 Å². The van der Waals surface area contributed by atoms with E-state index in [1.54, 1.807) is 38.5 Å². The summed E-state index contributed by atoms with van der Waals surface area (Å²) in [5.41, 5.74) is 0.697. The number of fused-ring (bicyclic) bond motifs is 1. The van der Waals surface area contributed by atoms with Gasteiger partial charge in [0.15, 0.2) is 15.0 Å². The molecule has 1 amide bonds. The van der Waals surface area contributed by atoms with Crippen LogP contribution in [0.3, 0.4) is 0 Å². The molecular formula is C21H25N3O5S2. The van der Waals surface area contributed by atoms with E-state index < -0.39 is 15.7 Å². The predicted octanol–water partition coefficient (Wildman–Crippen LogP) is 2.93. The van der Waals surface area contributed by atoms with Crippen molar-refractivity contribution in [2.24, 2.45) is 0 Å². The normalized spacial score (nSPS) is 11.7. The molecule has 1 heterocycles. The van der Waals surface area contributed by atoms with Crippen LogP contribution in [0.2, 0.25) is 0 Å². The maximum absolute atomic E-state index is 13.6. The van der Waals surface area contributed by atoms with Gasteiger partial charge in [0, 0.05) is 19.3 Å². The third-order valence-electron chi connectivity index (χ3n) is 4.66. The molecule has 166 valence electrons. The zero-order chi connectivity index (χ0) is 22.8. The van der Waals surface area contributed by atoms with Gasteiger partial charge in [-0.1, -0.05) is 23.5 Å². The molecule has 0 fully saturated rings. The number of hydrogen-bond acceptors (Lipinski definition) is 8. The number of ether oxygens (including phenoxy) is 2. The molecule has 0 N–H and O–H groups in total. The molecule has 0 spiro atoms. The number of amides is 1. The van der Waals surface area contributed by atoms with Gasteiger partial charge in [-0.2, -0.15) is 0 Å². The van der Waals surface area contributed by atoms with E-state index in [1.165, 1.54) is 28.4 Å². The molecule has 0 bridgehead atoms. The van der Waals surface area contributed by atoms with Gasteiger partial charge in [0.05, 0.1) is 24.7 Å². The number of carbonyl (C=O) groups excluding carboxylic acids is 1. The number of hydrogen-bond donors (Lipinski definition) is 0. The van der Waals surface area contributed by atoms with E-state index >= 15 is 0 Å². The molecule has 31 heavy (non-hydrogen) atoms. The maximum atomic E-state index is 13.6. The van der Waals surface area contributed by atoms with Gasteiger partial charge in [0.1, 0.15) is 21.7 Å². The van der Waals surface area contributed by atoms with Gasteiger partial charge < -0.3 is 14.4 Å². The summed E-state index contributed by atoms with van der Waals surface area (Å²) in [6.45, 7) is 0.894. The highest BCUT2D eigenvalue weighted by Gasteiger charge is 2.27. The van der Waals surface area contributed by atoms with Crippen LogP contribution in [0.4, 0.5) is 5.13 Å². The van der Waals surface area contributed by atoms with Crippen LogP contribution >= 0.6 is 11.3 Å². The lowest BCUT2D eigenvalue weighted by molar-refractivity contribution is 0.0982. The fourth-order valence-electron chi connectivity index (χ4n) is 3.09. The Kier molecular flexibility index (Phi) is 6.83. The van der Waals surface area contributed by atoms with Crippen molar-refractivity contribution in [2.45, 2.75) is 4.90 Å². The molecule has 3 aromatic rings. The highest BCUT2D eigenvalue weighted by molar-refractivity contribution is 7.90. The van der Waals surface area contributed by atoms with Crippen LogP contribution in [0.5, 0.6) is 11.5 Å². The largest absolute Gasteiger partial charge is 0.495 e. The second-order valence-corrected chi connectivity index (χ2v) is 10.1. The van der Waals surface area contributed by atoms with Gasteiger partial charge in [0.25, 0.3) is 5.91 Å². The van der Waals surface area contributed by atoms with Gasteiger partial charge in [-0.3, -0.25) is 9.69 Å². The molecule has 3 rings (SSSR count). The first kappa shape index (κ1) is 23.0. The zero-order valence-electron chi connectivity index (χ0n) is 18.1. The summed E-state index contributed by atoms with van der Waals surface area (Å²) in [5.74, 6) is 0.755. The van der Waals surface area contributed by atoms with Crippen LogP contribution in [0.15, 0.2) is 41.3 Å². The highest BCUT2D eigenvalue weighted by atomic mass is 32.2. The zero-order valence-corrected chi connectivity index (χ0v) is 19.7. The summed E-state index contributed by atoms with van der Waals surface area (Å²) in [6, 6.07) is 9.76. The molecule has 0 aliphatic carbocycles. The maximum Gasteiger partial charge on any atom is 0.261 e. The molecule has 0 aliphatic heterocycles. The lowest BCUT2D eigenvalue weighted by Gasteiger charge is -2.22. The molecule has 0 aliphatic rings. The first-order chi connectivity index (χ1) is 14.7. The molecule has 2 aromatic carbocycles. The van der Waals surface area contributed by atoms with E-state index in [9.17, 15) is 13.2 Å². The summed E-state index contributed by atoms with van der Waals surface area (Å²) in [5, 5.41) is 0.438. The van der Waals surface area contributed by atoms with Gasteiger partial charge >= 0.3 is 0 Å². The molecular weight excluding hydrogens is 438 g/mol. The third-order valence-corrected chi connectivity index (χ3v) is 6.91. The average molecular weight is 464 g/mol. The Hall–Kier alpha value is -2.69. The van der Waals surface area contributed by atoms with Crippen molar-refractivity contribution in [3.8, 4) is 11.5 Å². The Bertz CT molecular complexity index is 1160. The van der Waals surface area contributed by atoms with Crippen molar-refractivity contribution in [3.05, 3.63) is 42.0 Å². The first-order valence-corrected chi connectivity index (χ1v) is 12.2. The van der Waals surface area contributed by atoms with Gasteiger partial charge in [-0.15, -0.1) is 0 Å². The molecule has 0 radical (unpaired) electrons. The molecule has 0 saturated carbocycles. The number of likely N-dealkylation sites (N-methyl/N-ethyl adjacent to an activating group) is 1. The fraction of sp³-hybridized carbons (Fsp3) is 0.333. The Labute approximate surface area is 185 Å². The minimum Gasteiger partial charge on any atom is -0.495 e. The van der Waals surface area contributed by atoms with Crippen molar-refractivity contribution < 1.29 is 22.7 Å². The predicted molar refractivity (Wildman–Crippen MR) is 123 cm³/mol. The van der Waals surface area contributed by atoms with Crippen molar-refractivity contribution in [3.63, 3.8) is 0 Å². The van der Waals surface area contributed by atoms with Crippen LogP contribution in [-0.4, -0.2) is 71.9 Å². The van der Waals surface area contributed by atoms with E-state index in [1.807, 2.05) is 19.0 Å². The quantitative estimate of drug-likeness (QED) is 0.507. The number of nitrogens with zero attached hydrogens (tertiary/aromatic N) is 3. The van der Waals surface area contributed by atoms with E-state index in [4.69, 9.17) is 9.47 Å². The standard InChI is InChI=1S/C21H25N3O5S2/c1-23(2)12-13-24(20(25)14-8-6-7-9-17(14)31(5,26)27)21-22-18-15(28-3)10-11-16(29-4)19(18)30-21/h6-11H,12-13H2,1-5H3. The SMILES string of the molecule is COc1ccc(OC)c2sc(N(CCN(C)C)C(=O)c3ccccc3S(C)(=O)=O)nc12. The smallest absolute Gasteiger partial charge is 0.261 e. The van der Waals surface area contributed by atoms with E-state index in [0.29, 0.717) is 35.2 Å². The van der Waals surface area contributed by atoms with E-state index in [0.717, 1.165) is 11.0 Å². The van der Waals surface area contributed by atoms with Crippen LogP contribution in [-0.2, 0) is 9.84 Å². The number of anilines is 1. The Morgan fingerprint density at radius 1 is 1.03 bits per heavy atom. The fourth-order valence-corrected chi connectivity index (χ4v) is 5.07. The number of methoxy groups -OCH3 is 2. The Morgan fingerprint density at radius 2 is 1.68 bits per heavy atom. The van der Waals surface area contributed by atoms with Crippen molar-refractivity contribution in [1.29, 1.82) is 0 Å². The van der Waals surface area contributed by atoms with Crippen LogP contribution < -0.4 is 14.4 Å². The summed E-state index contributed by atoms with van der Waals surface area (Å²) >= 11 is 1.30. The number of benzene rings is 2. The molecule has 0 unspecified atom stereocenters. The van der Waals surface area contributed by atoms with E-state index in [2.05, 4.69) is 4.98 Å². The Balaban J connectivity index is 2.16. The van der Waals surface area contributed by atoms with Crippen molar-refractivity contribution in [1.82, 2.24) is 9.88 Å².